The predicted octanol–water partition coefficient (Wildman–Crippen LogP) is 3.62. The van der Waals surface area contributed by atoms with Gasteiger partial charge in [-0.3, -0.25) is 5.10 Å². The van der Waals surface area contributed by atoms with E-state index in [1.54, 1.807) is 6.07 Å². The number of benzene rings is 1. The van der Waals surface area contributed by atoms with E-state index in [0.717, 1.165) is 23.4 Å². The third-order valence-corrected chi connectivity index (χ3v) is 2.87. The fourth-order valence-corrected chi connectivity index (χ4v) is 1.74. The minimum atomic E-state index is 0.582. The summed E-state index contributed by atoms with van der Waals surface area (Å²) in [5, 5.41) is 8.23. The fraction of sp³-hybridized carbons (Fsp3) is 0.182. The molecule has 0 aliphatic carbocycles. The summed E-state index contributed by atoms with van der Waals surface area (Å²) in [6.45, 7) is 1.98. The quantitative estimate of drug-likeness (QED) is 0.854. The first-order valence-electron chi connectivity index (χ1n) is 4.60. The molecule has 2 nitrogen and oxygen atoms in total. The van der Waals surface area contributed by atoms with Gasteiger partial charge in [-0.05, 0) is 30.7 Å². The molecule has 0 amide bonds. The van der Waals surface area contributed by atoms with Crippen molar-refractivity contribution in [3.8, 4) is 0 Å². The second-order valence-electron chi connectivity index (χ2n) is 3.47. The van der Waals surface area contributed by atoms with E-state index in [0.29, 0.717) is 10.0 Å². The SMILES string of the molecule is Cc1cc(Cc2ccc(Cl)c(Cl)c2)n[nH]1. The Morgan fingerprint density at radius 1 is 1.20 bits per heavy atom. The van der Waals surface area contributed by atoms with Crippen LogP contribution in [0.5, 0.6) is 0 Å². The average molecular weight is 241 g/mol. The minimum Gasteiger partial charge on any atom is -0.283 e. The van der Waals surface area contributed by atoms with Gasteiger partial charge in [-0.15, -0.1) is 0 Å². The summed E-state index contributed by atoms with van der Waals surface area (Å²) < 4.78 is 0. The van der Waals surface area contributed by atoms with Crippen LogP contribution in [0.25, 0.3) is 0 Å². The molecule has 1 aromatic heterocycles. The molecule has 1 aromatic carbocycles. The highest BCUT2D eigenvalue weighted by Gasteiger charge is 2.03. The van der Waals surface area contributed by atoms with Crippen molar-refractivity contribution in [2.24, 2.45) is 0 Å². The molecule has 0 spiro atoms. The molecule has 2 aromatic rings. The molecule has 0 fully saturated rings. The van der Waals surface area contributed by atoms with Gasteiger partial charge < -0.3 is 0 Å². The lowest BCUT2D eigenvalue weighted by Gasteiger charge is -2.00. The summed E-state index contributed by atoms with van der Waals surface area (Å²) in [6.07, 6.45) is 0.765. The van der Waals surface area contributed by atoms with E-state index < -0.39 is 0 Å². The van der Waals surface area contributed by atoms with Gasteiger partial charge in [-0.2, -0.15) is 5.10 Å². The number of nitrogens with one attached hydrogen (secondary N) is 1. The summed E-state index contributed by atoms with van der Waals surface area (Å²) in [5.41, 5.74) is 3.17. The topological polar surface area (TPSA) is 28.7 Å². The molecule has 0 radical (unpaired) electrons. The van der Waals surface area contributed by atoms with E-state index in [2.05, 4.69) is 10.2 Å². The number of rotatable bonds is 2. The molecule has 0 unspecified atom stereocenters. The van der Waals surface area contributed by atoms with Crippen molar-refractivity contribution in [3.63, 3.8) is 0 Å². The van der Waals surface area contributed by atoms with Crippen molar-refractivity contribution in [2.75, 3.05) is 0 Å². The lowest BCUT2D eigenvalue weighted by Crippen LogP contribution is -1.88. The summed E-state index contributed by atoms with van der Waals surface area (Å²) in [4.78, 5) is 0. The number of aryl methyl sites for hydroxylation is 1. The van der Waals surface area contributed by atoms with Crippen LogP contribution in [-0.4, -0.2) is 10.2 Å². The average Bonchev–Trinajstić information content (AvgIpc) is 2.58. The van der Waals surface area contributed by atoms with Crippen LogP contribution in [0.4, 0.5) is 0 Å². The summed E-state index contributed by atoms with van der Waals surface area (Å²) in [7, 11) is 0. The van der Waals surface area contributed by atoms with Gasteiger partial charge in [0.05, 0.1) is 15.7 Å². The summed E-state index contributed by atoms with van der Waals surface area (Å²) >= 11 is 11.8. The first-order chi connectivity index (χ1) is 7.15. The molecule has 0 saturated heterocycles. The molecule has 15 heavy (non-hydrogen) atoms. The molecule has 0 aliphatic heterocycles. The molecule has 0 bridgehead atoms. The molecule has 0 saturated carbocycles. The van der Waals surface area contributed by atoms with E-state index in [1.807, 2.05) is 25.1 Å². The molecule has 1 heterocycles. The Labute approximate surface area is 98.2 Å². The van der Waals surface area contributed by atoms with E-state index in [-0.39, 0.29) is 0 Å². The van der Waals surface area contributed by atoms with Crippen molar-refractivity contribution in [1.29, 1.82) is 0 Å². The van der Waals surface area contributed by atoms with E-state index >= 15 is 0 Å². The van der Waals surface area contributed by atoms with Gasteiger partial charge in [0.1, 0.15) is 0 Å². The maximum absolute atomic E-state index is 5.93. The molecular weight excluding hydrogens is 231 g/mol. The Hall–Kier alpha value is -0.990. The second kappa shape index (κ2) is 4.25. The zero-order chi connectivity index (χ0) is 10.8. The highest BCUT2D eigenvalue weighted by molar-refractivity contribution is 6.42. The standard InChI is InChI=1S/C11H10Cl2N2/c1-7-4-9(15-14-7)5-8-2-3-10(12)11(13)6-8/h2-4,6H,5H2,1H3,(H,14,15). The highest BCUT2D eigenvalue weighted by Crippen LogP contribution is 2.23. The largest absolute Gasteiger partial charge is 0.283 e. The third kappa shape index (κ3) is 2.52. The smallest absolute Gasteiger partial charge is 0.0668 e. The van der Waals surface area contributed by atoms with Crippen LogP contribution in [-0.2, 0) is 6.42 Å². The zero-order valence-electron chi connectivity index (χ0n) is 8.22. The fourth-order valence-electron chi connectivity index (χ4n) is 1.42. The molecule has 1 N–H and O–H groups in total. The van der Waals surface area contributed by atoms with Gasteiger partial charge in [0.25, 0.3) is 0 Å². The van der Waals surface area contributed by atoms with Crippen LogP contribution < -0.4 is 0 Å². The number of H-pyrrole nitrogens is 1. The number of hydrogen-bond donors (Lipinski definition) is 1. The maximum Gasteiger partial charge on any atom is 0.0668 e. The third-order valence-electron chi connectivity index (χ3n) is 2.13. The Morgan fingerprint density at radius 2 is 2.00 bits per heavy atom. The van der Waals surface area contributed by atoms with Crippen molar-refractivity contribution >= 4 is 23.2 Å². The first-order valence-corrected chi connectivity index (χ1v) is 5.35. The molecule has 2 rings (SSSR count). The number of aromatic amines is 1. The van der Waals surface area contributed by atoms with Crippen LogP contribution >= 0.6 is 23.2 Å². The van der Waals surface area contributed by atoms with Crippen molar-refractivity contribution in [2.45, 2.75) is 13.3 Å². The van der Waals surface area contributed by atoms with Gasteiger partial charge >= 0.3 is 0 Å². The van der Waals surface area contributed by atoms with Gasteiger partial charge in [-0.25, -0.2) is 0 Å². The molecule has 0 aliphatic rings. The minimum absolute atomic E-state index is 0.582. The summed E-state index contributed by atoms with van der Waals surface area (Å²) in [5.74, 6) is 0. The summed E-state index contributed by atoms with van der Waals surface area (Å²) in [6, 6.07) is 7.65. The molecular formula is C11H10Cl2N2. The van der Waals surface area contributed by atoms with Crippen LogP contribution in [0.15, 0.2) is 24.3 Å². The van der Waals surface area contributed by atoms with Crippen molar-refractivity contribution < 1.29 is 0 Å². The van der Waals surface area contributed by atoms with Crippen LogP contribution in [0.2, 0.25) is 10.0 Å². The van der Waals surface area contributed by atoms with E-state index in [1.165, 1.54) is 0 Å². The Balaban J connectivity index is 2.21. The maximum atomic E-state index is 5.93. The predicted molar refractivity (Wildman–Crippen MR) is 62.6 cm³/mol. The van der Waals surface area contributed by atoms with Gasteiger partial charge in [0, 0.05) is 12.1 Å². The lowest BCUT2D eigenvalue weighted by molar-refractivity contribution is 0.980. The first kappa shape index (κ1) is 10.5. The number of aromatic nitrogens is 2. The van der Waals surface area contributed by atoms with E-state index in [4.69, 9.17) is 23.2 Å². The monoisotopic (exact) mass is 240 g/mol. The normalized spacial score (nSPS) is 10.6. The molecule has 4 heteroatoms. The number of halogens is 2. The second-order valence-corrected chi connectivity index (χ2v) is 4.28. The van der Waals surface area contributed by atoms with Crippen LogP contribution in [0.3, 0.4) is 0 Å². The Morgan fingerprint density at radius 3 is 2.60 bits per heavy atom. The highest BCUT2D eigenvalue weighted by atomic mass is 35.5. The van der Waals surface area contributed by atoms with Crippen molar-refractivity contribution in [1.82, 2.24) is 10.2 Å². The van der Waals surface area contributed by atoms with Crippen molar-refractivity contribution in [3.05, 3.63) is 51.3 Å². The van der Waals surface area contributed by atoms with Crippen LogP contribution in [0.1, 0.15) is 17.0 Å². The van der Waals surface area contributed by atoms with Gasteiger partial charge in [0.2, 0.25) is 0 Å². The van der Waals surface area contributed by atoms with Gasteiger partial charge in [0.15, 0.2) is 0 Å². The van der Waals surface area contributed by atoms with Gasteiger partial charge in [-0.1, -0.05) is 29.3 Å². The zero-order valence-corrected chi connectivity index (χ0v) is 9.73. The Bertz CT molecular complexity index is 477. The number of hydrogen-bond acceptors (Lipinski definition) is 1. The number of nitrogens with zero attached hydrogens (tertiary/aromatic N) is 1. The van der Waals surface area contributed by atoms with Crippen LogP contribution in [0, 0.1) is 6.92 Å². The lowest BCUT2D eigenvalue weighted by atomic mass is 10.1. The van der Waals surface area contributed by atoms with E-state index in [9.17, 15) is 0 Å². The molecule has 78 valence electrons. The Kier molecular flexibility index (Phi) is 2.98. The molecule has 0 atom stereocenters.